The maximum atomic E-state index is 13.2. The first-order chi connectivity index (χ1) is 6.33. The van der Waals surface area contributed by atoms with Gasteiger partial charge in [-0.1, -0.05) is 6.07 Å². The van der Waals surface area contributed by atoms with Gasteiger partial charge in [0.25, 0.3) is 0 Å². The van der Waals surface area contributed by atoms with Crippen LogP contribution in [0.2, 0.25) is 0 Å². The van der Waals surface area contributed by atoms with E-state index in [-0.39, 0.29) is 5.82 Å². The summed E-state index contributed by atoms with van der Waals surface area (Å²) in [5.41, 5.74) is 0.560. The second-order valence-electron chi connectivity index (χ2n) is 2.65. The number of hydrogen-bond acceptors (Lipinski definition) is 2. The molecule has 13 heavy (non-hydrogen) atoms. The summed E-state index contributed by atoms with van der Waals surface area (Å²) in [5.74, 6) is 0.320. The Bertz CT molecular complexity index is 442. The standard InChI is InChI=1S/C10H8FNO/c1-13-9-4-2-3-7-8(11)5-6-12-10(7)9/h2-6H,1H3. The minimum Gasteiger partial charge on any atom is -0.494 e. The molecule has 0 aliphatic heterocycles. The highest BCUT2D eigenvalue weighted by Crippen LogP contribution is 2.24. The molecule has 1 heterocycles. The van der Waals surface area contributed by atoms with Gasteiger partial charge in [-0.2, -0.15) is 0 Å². The Labute approximate surface area is 75.0 Å². The first-order valence-electron chi connectivity index (χ1n) is 3.90. The number of halogens is 1. The Hall–Kier alpha value is -1.64. The van der Waals surface area contributed by atoms with E-state index in [1.165, 1.54) is 12.3 Å². The van der Waals surface area contributed by atoms with Crippen molar-refractivity contribution in [3.63, 3.8) is 0 Å². The van der Waals surface area contributed by atoms with Crippen molar-refractivity contribution >= 4 is 10.9 Å². The summed E-state index contributed by atoms with van der Waals surface area (Å²) >= 11 is 0. The van der Waals surface area contributed by atoms with Gasteiger partial charge in [-0.05, 0) is 18.2 Å². The Morgan fingerprint density at radius 2 is 2.15 bits per heavy atom. The Balaban J connectivity index is 2.84. The van der Waals surface area contributed by atoms with E-state index >= 15 is 0 Å². The highest BCUT2D eigenvalue weighted by atomic mass is 19.1. The molecule has 0 aliphatic carbocycles. The number of hydrogen-bond donors (Lipinski definition) is 0. The molecular weight excluding hydrogens is 169 g/mol. The van der Waals surface area contributed by atoms with Crippen molar-refractivity contribution < 1.29 is 9.13 Å². The second kappa shape index (κ2) is 3.01. The third-order valence-corrected chi connectivity index (χ3v) is 1.90. The third-order valence-electron chi connectivity index (χ3n) is 1.90. The smallest absolute Gasteiger partial charge is 0.145 e. The molecule has 66 valence electrons. The predicted octanol–water partition coefficient (Wildman–Crippen LogP) is 2.38. The summed E-state index contributed by atoms with van der Waals surface area (Å²) < 4.78 is 18.3. The molecule has 0 fully saturated rings. The fraction of sp³-hybridized carbons (Fsp3) is 0.100. The maximum Gasteiger partial charge on any atom is 0.145 e. The van der Waals surface area contributed by atoms with E-state index in [0.717, 1.165) is 0 Å². The van der Waals surface area contributed by atoms with Crippen LogP contribution in [0.1, 0.15) is 0 Å². The van der Waals surface area contributed by atoms with Crippen molar-refractivity contribution in [2.24, 2.45) is 0 Å². The van der Waals surface area contributed by atoms with Crippen molar-refractivity contribution in [2.45, 2.75) is 0 Å². The maximum absolute atomic E-state index is 13.2. The number of ether oxygens (including phenoxy) is 1. The minimum atomic E-state index is -0.274. The lowest BCUT2D eigenvalue weighted by molar-refractivity contribution is 0.418. The number of benzene rings is 1. The van der Waals surface area contributed by atoms with Crippen LogP contribution < -0.4 is 4.74 Å². The third kappa shape index (κ3) is 1.22. The van der Waals surface area contributed by atoms with Gasteiger partial charge in [0.1, 0.15) is 17.1 Å². The van der Waals surface area contributed by atoms with Crippen LogP contribution in [0.3, 0.4) is 0 Å². The SMILES string of the molecule is COc1cccc2c(F)ccnc12. The minimum absolute atomic E-state index is 0.274. The molecule has 0 bridgehead atoms. The van der Waals surface area contributed by atoms with E-state index in [2.05, 4.69) is 4.98 Å². The van der Waals surface area contributed by atoms with Crippen LogP contribution in [-0.4, -0.2) is 12.1 Å². The lowest BCUT2D eigenvalue weighted by atomic mass is 10.2. The topological polar surface area (TPSA) is 22.1 Å². The average Bonchev–Trinajstić information content (AvgIpc) is 2.18. The van der Waals surface area contributed by atoms with E-state index in [1.54, 1.807) is 25.3 Å². The normalized spacial score (nSPS) is 10.3. The second-order valence-corrected chi connectivity index (χ2v) is 2.65. The molecular formula is C10H8FNO. The first-order valence-corrected chi connectivity index (χ1v) is 3.90. The number of nitrogens with zero attached hydrogens (tertiary/aromatic N) is 1. The van der Waals surface area contributed by atoms with Crippen LogP contribution in [0.15, 0.2) is 30.5 Å². The van der Waals surface area contributed by atoms with Crippen molar-refractivity contribution in [1.82, 2.24) is 4.98 Å². The number of aromatic nitrogens is 1. The molecule has 0 atom stereocenters. The van der Waals surface area contributed by atoms with Crippen LogP contribution in [0.4, 0.5) is 4.39 Å². The van der Waals surface area contributed by atoms with Crippen molar-refractivity contribution in [1.29, 1.82) is 0 Å². The molecule has 0 aliphatic rings. The molecule has 3 heteroatoms. The Morgan fingerprint density at radius 3 is 2.92 bits per heavy atom. The van der Waals surface area contributed by atoms with Gasteiger partial charge in [0, 0.05) is 11.6 Å². The number of pyridine rings is 1. The molecule has 0 unspecified atom stereocenters. The van der Waals surface area contributed by atoms with Crippen LogP contribution in [0, 0.1) is 5.82 Å². The molecule has 2 nitrogen and oxygen atoms in total. The molecule has 0 radical (unpaired) electrons. The van der Waals surface area contributed by atoms with Gasteiger partial charge in [-0.3, -0.25) is 4.98 Å². The van der Waals surface area contributed by atoms with Gasteiger partial charge in [0.15, 0.2) is 0 Å². The van der Waals surface area contributed by atoms with E-state index in [9.17, 15) is 4.39 Å². The van der Waals surface area contributed by atoms with Crippen molar-refractivity contribution in [3.05, 3.63) is 36.3 Å². The number of fused-ring (bicyclic) bond motifs is 1. The van der Waals surface area contributed by atoms with Crippen molar-refractivity contribution in [3.8, 4) is 5.75 Å². The summed E-state index contributed by atoms with van der Waals surface area (Å²) in [4.78, 5) is 4.05. The van der Waals surface area contributed by atoms with Gasteiger partial charge in [0.2, 0.25) is 0 Å². The molecule has 0 spiro atoms. The Morgan fingerprint density at radius 1 is 1.31 bits per heavy atom. The van der Waals surface area contributed by atoms with Gasteiger partial charge in [-0.15, -0.1) is 0 Å². The first kappa shape index (κ1) is 7.98. The summed E-state index contributed by atoms with van der Waals surface area (Å²) in [6.07, 6.45) is 1.43. The summed E-state index contributed by atoms with van der Waals surface area (Å²) in [6.45, 7) is 0. The van der Waals surface area contributed by atoms with Crippen LogP contribution >= 0.6 is 0 Å². The molecule has 2 aromatic rings. The number of rotatable bonds is 1. The molecule has 2 rings (SSSR count). The van der Waals surface area contributed by atoms with E-state index in [0.29, 0.717) is 16.7 Å². The van der Waals surface area contributed by atoms with Gasteiger partial charge in [-0.25, -0.2) is 4.39 Å². The molecule has 0 amide bonds. The molecule has 1 aromatic carbocycles. The highest BCUT2D eigenvalue weighted by molar-refractivity contribution is 5.84. The fourth-order valence-electron chi connectivity index (χ4n) is 1.28. The van der Waals surface area contributed by atoms with Crippen LogP contribution in [0.5, 0.6) is 5.75 Å². The van der Waals surface area contributed by atoms with Gasteiger partial charge in [0.05, 0.1) is 7.11 Å². The van der Waals surface area contributed by atoms with E-state index in [4.69, 9.17) is 4.74 Å². The summed E-state index contributed by atoms with van der Waals surface area (Å²) in [5, 5.41) is 0.488. The monoisotopic (exact) mass is 177 g/mol. The largest absolute Gasteiger partial charge is 0.494 e. The lowest BCUT2D eigenvalue weighted by Crippen LogP contribution is -1.88. The summed E-state index contributed by atoms with van der Waals surface area (Å²) in [7, 11) is 1.54. The number of para-hydroxylation sites is 1. The van der Waals surface area contributed by atoms with E-state index in [1.807, 2.05) is 0 Å². The van der Waals surface area contributed by atoms with Gasteiger partial charge >= 0.3 is 0 Å². The van der Waals surface area contributed by atoms with Crippen LogP contribution in [0.25, 0.3) is 10.9 Å². The molecule has 1 aromatic heterocycles. The van der Waals surface area contributed by atoms with E-state index < -0.39 is 0 Å². The highest BCUT2D eigenvalue weighted by Gasteiger charge is 2.04. The number of methoxy groups -OCH3 is 1. The zero-order valence-corrected chi connectivity index (χ0v) is 7.12. The van der Waals surface area contributed by atoms with Crippen molar-refractivity contribution in [2.75, 3.05) is 7.11 Å². The zero-order chi connectivity index (χ0) is 9.26. The lowest BCUT2D eigenvalue weighted by Gasteiger charge is -2.03. The molecule has 0 saturated carbocycles. The van der Waals surface area contributed by atoms with Crippen LogP contribution in [-0.2, 0) is 0 Å². The predicted molar refractivity (Wildman–Crippen MR) is 48.3 cm³/mol. The zero-order valence-electron chi connectivity index (χ0n) is 7.12. The molecule has 0 N–H and O–H groups in total. The quantitative estimate of drug-likeness (QED) is 0.667. The summed E-state index contributed by atoms with van der Waals surface area (Å²) in [6, 6.07) is 6.52. The fourth-order valence-corrected chi connectivity index (χ4v) is 1.28. The Kier molecular flexibility index (Phi) is 1.85. The van der Waals surface area contributed by atoms with Gasteiger partial charge < -0.3 is 4.74 Å². The average molecular weight is 177 g/mol. The molecule has 0 saturated heterocycles.